The molecule has 3 aromatic rings. The molecule has 162 valence electrons. The van der Waals surface area contributed by atoms with Gasteiger partial charge in [-0.15, -0.1) is 0 Å². The highest BCUT2D eigenvalue weighted by Gasteiger charge is 2.10. The van der Waals surface area contributed by atoms with E-state index in [0.717, 1.165) is 45.7 Å². The van der Waals surface area contributed by atoms with Crippen molar-refractivity contribution in [2.24, 2.45) is 0 Å². The summed E-state index contributed by atoms with van der Waals surface area (Å²) in [6.07, 6.45) is 1.59. The molecule has 0 aromatic heterocycles. The van der Waals surface area contributed by atoms with Crippen LogP contribution in [0.25, 0.3) is 11.1 Å². The number of nitrogen functional groups attached to an aromatic ring is 1. The van der Waals surface area contributed by atoms with Gasteiger partial charge in [0.1, 0.15) is 18.1 Å². The lowest BCUT2D eigenvalue weighted by molar-refractivity contribution is -0.136. The summed E-state index contributed by atoms with van der Waals surface area (Å²) < 4.78 is 11.6. The van der Waals surface area contributed by atoms with Gasteiger partial charge < -0.3 is 20.3 Å². The van der Waals surface area contributed by atoms with Gasteiger partial charge in [0.15, 0.2) is 0 Å². The molecule has 0 saturated carbocycles. The number of aliphatic carboxylic acids is 1. The average molecular weight is 420 g/mol. The number of ether oxygens (including phenoxy) is 2. The zero-order valence-electron chi connectivity index (χ0n) is 18.1. The van der Waals surface area contributed by atoms with Crippen LogP contribution < -0.4 is 15.2 Å². The number of benzene rings is 3. The predicted molar refractivity (Wildman–Crippen MR) is 124 cm³/mol. The number of anilines is 1. The Kier molecular flexibility index (Phi) is 7.55. The van der Waals surface area contributed by atoms with Crippen LogP contribution in [0.3, 0.4) is 0 Å². The van der Waals surface area contributed by atoms with E-state index in [-0.39, 0.29) is 6.42 Å². The Morgan fingerprint density at radius 2 is 1.74 bits per heavy atom. The van der Waals surface area contributed by atoms with E-state index in [9.17, 15) is 4.79 Å². The molecule has 5 nitrogen and oxygen atoms in total. The van der Waals surface area contributed by atoms with E-state index in [4.69, 9.17) is 20.3 Å². The summed E-state index contributed by atoms with van der Waals surface area (Å²) in [6.45, 7) is 5.22. The first-order valence-corrected chi connectivity index (χ1v) is 10.5. The van der Waals surface area contributed by atoms with Crippen LogP contribution in [0.5, 0.6) is 11.5 Å². The lowest BCUT2D eigenvalue weighted by Crippen LogP contribution is -2.00. The van der Waals surface area contributed by atoms with Crippen LogP contribution in [0.1, 0.15) is 36.5 Å². The molecule has 5 heteroatoms. The van der Waals surface area contributed by atoms with Crippen molar-refractivity contribution in [1.82, 2.24) is 0 Å². The number of carboxylic acid groups (broad SMARTS) is 1. The molecule has 0 amide bonds. The maximum Gasteiger partial charge on any atom is 0.303 e. The quantitative estimate of drug-likeness (QED) is 0.416. The molecule has 3 rings (SSSR count). The molecule has 3 aromatic carbocycles. The second-order valence-corrected chi connectivity index (χ2v) is 7.58. The maximum atomic E-state index is 10.7. The Morgan fingerprint density at radius 3 is 2.42 bits per heavy atom. The van der Waals surface area contributed by atoms with Crippen molar-refractivity contribution in [2.75, 3.05) is 12.3 Å². The first-order valence-electron chi connectivity index (χ1n) is 10.5. The molecule has 0 atom stereocenters. The van der Waals surface area contributed by atoms with Crippen molar-refractivity contribution in [3.05, 3.63) is 77.4 Å². The van der Waals surface area contributed by atoms with Crippen LogP contribution in [-0.4, -0.2) is 17.7 Å². The third-order valence-corrected chi connectivity index (χ3v) is 4.98. The maximum absolute atomic E-state index is 10.7. The van der Waals surface area contributed by atoms with E-state index in [1.165, 1.54) is 0 Å². The van der Waals surface area contributed by atoms with E-state index in [1.807, 2.05) is 61.5 Å². The van der Waals surface area contributed by atoms with Gasteiger partial charge in [-0.2, -0.15) is 0 Å². The summed E-state index contributed by atoms with van der Waals surface area (Å²) in [5.74, 6) is 0.753. The summed E-state index contributed by atoms with van der Waals surface area (Å²) in [6, 6.07) is 19.6. The highest BCUT2D eigenvalue weighted by atomic mass is 16.5. The van der Waals surface area contributed by atoms with E-state index >= 15 is 0 Å². The fourth-order valence-corrected chi connectivity index (χ4v) is 3.46. The number of rotatable bonds is 10. The molecule has 0 aliphatic rings. The molecule has 3 N–H and O–H groups in total. The molecular weight excluding hydrogens is 390 g/mol. The van der Waals surface area contributed by atoms with Gasteiger partial charge >= 0.3 is 5.97 Å². The van der Waals surface area contributed by atoms with Crippen LogP contribution in [0.4, 0.5) is 5.69 Å². The van der Waals surface area contributed by atoms with E-state index in [2.05, 4.69) is 13.0 Å². The fourth-order valence-electron chi connectivity index (χ4n) is 3.46. The highest BCUT2D eigenvalue weighted by molar-refractivity contribution is 5.80. The lowest BCUT2D eigenvalue weighted by atomic mass is 9.97. The Bertz CT molecular complexity index is 1000. The van der Waals surface area contributed by atoms with Gasteiger partial charge in [-0.25, -0.2) is 0 Å². The van der Waals surface area contributed by atoms with Gasteiger partial charge in [0.25, 0.3) is 0 Å². The summed E-state index contributed by atoms with van der Waals surface area (Å²) in [4.78, 5) is 10.7. The van der Waals surface area contributed by atoms with Gasteiger partial charge in [-0.05, 0) is 66.3 Å². The van der Waals surface area contributed by atoms with Gasteiger partial charge in [0.2, 0.25) is 0 Å². The van der Waals surface area contributed by atoms with Gasteiger partial charge in [-0.3, -0.25) is 4.79 Å². The smallest absolute Gasteiger partial charge is 0.303 e. The predicted octanol–water partition coefficient (Wildman–Crippen LogP) is 5.63. The summed E-state index contributed by atoms with van der Waals surface area (Å²) in [5, 5.41) is 8.79. The van der Waals surface area contributed by atoms with E-state index < -0.39 is 5.97 Å². The number of hydrogen-bond donors (Lipinski definition) is 2. The largest absolute Gasteiger partial charge is 0.494 e. The number of aryl methyl sites for hydroxylation is 2. The van der Waals surface area contributed by atoms with E-state index in [1.54, 1.807) is 0 Å². The van der Waals surface area contributed by atoms with Crippen molar-refractivity contribution < 1.29 is 19.4 Å². The second kappa shape index (κ2) is 10.5. The Hall–Kier alpha value is -3.47. The topological polar surface area (TPSA) is 81.8 Å². The molecule has 0 fully saturated rings. The standard InChI is InChI=1S/C26H29NO4/c1-3-13-30-23-14-18(2)26(24(27)16-23)21-6-4-5-20(15-21)17-31-22-10-7-19(8-11-22)9-12-25(28)29/h4-8,10-11,14-16H,3,9,12-13,17,27H2,1-2H3,(H,28,29). The normalized spacial score (nSPS) is 10.6. The minimum Gasteiger partial charge on any atom is -0.494 e. The van der Waals surface area contributed by atoms with Crippen molar-refractivity contribution in [2.45, 2.75) is 39.7 Å². The minimum absolute atomic E-state index is 0.126. The Morgan fingerprint density at radius 1 is 0.968 bits per heavy atom. The van der Waals surface area contributed by atoms with Crippen LogP contribution in [0, 0.1) is 6.92 Å². The van der Waals surface area contributed by atoms with Gasteiger partial charge in [0.05, 0.1) is 6.61 Å². The van der Waals surface area contributed by atoms with Gasteiger partial charge in [-0.1, -0.05) is 37.3 Å². The Balaban J connectivity index is 1.69. The molecule has 0 aliphatic heterocycles. The van der Waals surface area contributed by atoms with Crippen LogP contribution in [0.15, 0.2) is 60.7 Å². The SMILES string of the molecule is CCCOc1cc(C)c(-c2cccc(COc3ccc(CCC(=O)O)cc3)c2)c(N)c1. The molecular formula is C26H29NO4. The van der Waals surface area contributed by atoms with Crippen molar-refractivity contribution in [3.8, 4) is 22.6 Å². The monoisotopic (exact) mass is 419 g/mol. The molecule has 0 radical (unpaired) electrons. The Labute approximate surface area is 183 Å². The first kappa shape index (κ1) is 22.2. The molecule has 0 bridgehead atoms. The zero-order valence-corrected chi connectivity index (χ0v) is 18.1. The average Bonchev–Trinajstić information content (AvgIpc) is 2.75. The van der Waals surface area contributed by atoms with Crippen LogP contribution >= 0.6 is 0 Å². The van der Waals surface area contributed by atoms with E-state index in [0.29, 0.717) is 25.3 Å². The third-order valence-electron chi connectivity index (χ3n) is 4.98. The molecule has 0 saturated heterocycles. The molecule has 0 spiro atoms. The van der Waals surface area contributed by atoms with Gasteiger partial charge in [0, 0.05) is 23.7 Å². The van der Waals surface area contributed by atoms with Crippen LogP contribution in [0.2, 0.25) is 0 Å². The number of carbonyl (C=O) groups is 1. The number of nitrogens with two attached hydrogens (primary N) is 1. The zero-order chi connectivity index (χ0) is 22.2. The summed E-state index contributed by atoms with van der Waals surface area (Å²) in [7, 11) is 0. The third kappa shape index (κ3) is 6.25. The highest BCUT2D eigenvalue weighted by Crippen LogP contribution is 2.34. The van der Waals surface area contributed by atoms with Crippen molar-refractivity contribution in [3.63, 3.8) is 0 Å². The number of hydrogen-bond acceptors (Lipinski definition) is 4. The minimum atomic E-state index is -0.792. The fraction of sp³-hybridized carbons (Fsp3) is 0.269. The van der Waals surface area contributed by atoms with Crippen LogP contribution in [-0.2, 0) is 17.8 Å². The number of carboxylic acids is 1. The summed E-state index contributed by atoms with van der Waals surface area (Å²) >= 11 is 0. The summed E-state index contributed by atoms with van der Waals surface area (Å²) in [5.41, 5.74) is 12.2. The molecule has 0 unspecified atom stereocenters. The lowest BCUT2D eigenvalue weighted by Gasteiger charge is -2.14. The second-order valence-electron chi connectivity index (χ2n) is 7.58. The van der Waals surface area contributed by atoms with Crippen molar-refractivity contribution in [1.29, 1.82) is 0 Å². The first-order chi connectivity index (χ1) is 15.0. The molecule has 0 heterocycles. The molecule has 31 heavy (non-hydrogen) atoms. The van der Waals surface area contributed by atoms with Crippen molar-refractivity contribution >= 4 is 11.7 Å². The molecule has 0 aliphatic carbocycles.